The molecular formula is C17H18N4OS. The summed E-state index contributed by atoms with van der Waals surface area (Å²) in [6, 6.07) is 7.27. The number of likely N-dealkylation sites (N-methyl/N-ethyl adjacent to an activating group) is 1. The highest BCUT2D eigenvalue weighted by atomic mass is 32.1. The van der Waals surface area contributed by atoms with Gasteiger partial charge in [-0.1, -0.05) is 12.1 Å². The van der Waals surface area contributed by atoms with E-state index in [0.717, 1.165) is 53.3 Å². The molecule has 23 heavy (non-hydrogen) atoms. The second-order valence-corrected chi connectivity index (χ2v) is 6.74. The highest BCUT2D eigenvalue weighted by molar-refractivity contribution is 7.18. The molecule has 1 N–H and O–H groups in total. The van der Waals surface area contributed by atoms with Crippen molar-refractivity contribution in [3.05, 3.63) is 36.0 Å². The Hall–Kier alpha value is -2.18. The minimum Gasteiger partial charge on any atom is -0.508 e. The second kappa shape index (κ2) is 5.79. The van der Waals surface area contributed by atoms with E-state index >= 15 is 0 Å². The third-order valence-corrected chi connectivity index (χ3v) is 5.28. The summed E-state index contributed by atoms with van der Waals surface area (Å²) in [4.78, 5) is 13.7. The molecule has 6 heteroatoms. The van der Waals surface area contributed by atoms with Crippen LogP contribution < -0.4 is 4.90 Å². The number of benzene rings is 1. The van der Waals surface area contributed by atoms with Gasteiger partial charge in [0.05, 0.1) is 10.2 Å². The standard InChI is InChI=1S/C17H18N4OS/c1-20-6-8-21(9-7-20)17-16-15(18-11-19-17)14(10-23-16)12-2-4-13(22)5-3-12/h2-5,10-11,22H,6-9H2,1H3. The smallest absolute Gasteiger partial charge is 0.150 e. The molecule has 0 saturated carbocycles. The summed E-state index contributed by atoms with van der Waals surface area (Å²) in [5, 5.41) is 11.6. The molecule has 0 amide bonds. The number of thiophene rings is 1. The molecule has 4 rings (SSSR count). The third kappa shape index (κ3) is 2.64. The number of anilines is 1. The van der Waals surface area contributed by atoms with Crippen molar-refractivity contribution in [2.24, 2.45) is 0 Å². The first-order valence-electron chi connectivity index (χ1n) is 7.67. The van der Waals surface area contributed by atoms with Gasteiger partial charge in [0.1, 0.15) is 17.9 Å². The Labute approximate surface area is 138 Å². The lowest BCUT2D eigenvalue weighted by atomic mass is 10.1. The Bertz CT molecular complexity index is 822. The lowest BCUT2D eigenvalue weighted by Crippen LogP contribution is -2.44. The van der Waals surface area contributed by atoms with Gasteiger partial charge in [0.2, 0.25) is 0 Å². The normalized spacial score (nSPS) is 16.1. The number of nitrogens with zero attached hydrogens (tertiary/aromatic N) is 4. The van der Waals surface area contributed by atoms with Crippen LogP contribution in [0.4, 0.5) is 5.82 Å². The van der Waals surface area contributed by atoms with E-state index in [9.17, 15) is 5.11 Å². The van der Waals surface area contributed by atoms with E-state index in [1.807, 2.05) is 12.1 Å². The first-order valence-corrected chi connectivity index (χ1v) is 8.55. The third-order valence-electron chi connectivity index (χ3n) is 4.32. The molecule has 0 atom stereocenters. The van der Waals surface area contributed by atoms with E-state index in [4.69, 9.17) is 0 Å². The minimum absolute atomic E-state index is 0.279. The number of fused-ring (bicyclic) bond motifs is 1. The van der Waals surface area contributed by atoms with E-state index in [2.05, 4.69) is 32.2 Å². The molecule has 1 aliphatic heterocycles. The summed E-state index contributed by atoms with van der Waals surface area (Å²) < 4.78 is 1.14. The molecule has 3 aromatic rings. The quantitative estimate of drug-likeness (QED) is 0.785. The van der Waals surface area contributed by atoms with Gasteiger partial charge in [-0.3, -0.25) is 0 Å². The van der Waals surface area contributed by atoms with Gasteiger partial charge in [0, 0.05) is 37.1 Å². The number of phenolic OH excluding ortho intramolecular Hbond substituents is 1. The fourth-order valence-electron chi connectivity index (χ4n) is 2.93. The van der Waals surface area contributed by atoms with Crippen LogP contribution in [0.25, 0.3) is 21.3 Å². The number of rotatable bonds is 2. The van der Waals surface area contributed by atoms with Crippen LogP contribution in [0, 0.1) is 0 Å². The molecule has 1 saturated heterocycles. The summed E-state index contributed by atoms with van der Waals surface area (Å²) >= 11 is 1.69. The fraction of sp³-hybridized carbons (Fsp3) is 0.294. The molecule has 0 radical (unpaired) electrons. The lowest BCUT2D eigenvalue weighted by Gasteiger charge is -2.33. The number of aromatic hydroxyl groups is 1. The van der Waals surface area contributed by atoms with Crippen molar-refractivity contribution in [3.63, 3.8) is 0 Å². The molecule has 2 aromatic heterocycles. The van der Waals surface area contributed by atoms with Gasteiger partial charge in [-0.25, -0.2) is 9.97 Å². The molecule has 1 fully saturated rings. The van der Waals surface area contributed by atoms with Crippen molar-refractivity contribution in [3.8, 4) is 16.9 Å². The maximum atomic E-state index is 9.47. The van der Waals surface area contributed by atoms with Gasteiger partial charge >= 0.3 is 0 Å². The van der Waals surface area contributed by atoms with Crippen molar-refractivity contribution in [1.29, 1.82) is 0 Å². The zero-order valence-corrected chi connectivity index (χ0v) is 13.8. The summed E-state index contributed by atoms with van der Waals surface area (Å²) in [7, 11) is 2.15. The van der Waals surface area contributed by atoms with E-state index in [0.29, 0.717) is 0 Å². The zero-order valence-electron chi connectivity index (χ0n) is 12.9. The first-order chi connectivity index (χ1) is 11.2. The Balaban J connectivity index is 1.76. The van der Waals surface area contributed by atoms with Gasteiger partial charge in [0.25, 0.3) is 0 Å². The van der Waals surface area contributed by atoms with E-state index in [1.54, 1.807) is 29.8 Å². The van der Waals surface area contributed by atoms with Crippen molar-refractivity contribution >= 4 is 27.4 Å². The second-order valence-electron chi connectivity index (χ2n) is 5.86. The number of phenols is 1. The van der Waals surface area contributed by atoms with Gasteiger partial charge in [0.15, 0.2) is 0 Å². The molecule has 0 spiro atoms. The summed E-state index contributed by atoms with van der Waals surface area (Å²) in [6.45, 7) is 4.10. The number of aromatic nitrogens is 2. The number of hydrogen-bond acceptors (Lipinski definition) is 6. The maximum absolute atomic E-state index is 9.47. The van der Waals surface area contributed by atoms with Crippen molar-refractivity contribution in [2.75, 3.05) is 38.1 Å². The van der Waals surface area contributed by atoms with Gasteiger partial charge < -0.3 is 14.9 Å². The zero-order chi connectivity index (χ0) is 15.8. The van der Waals surface area contributed by atoms with Gasteiger partial charge in [-0.05, 0) is 24.7 Å². The molecule has 0 unspecified atom stereocenters. The molecule has 1 aromatic carbocycles. The lowest BCUT2D eigenvalue weighted by molar-refractivity contribution is 0.312. The monoisotopic (exact) mass is 326 g/mol. The Morgan fingerprint density at radius 2 is 1.78 bits per heavy atom. The summed E-state index contributed by atoms with van der Waals surface area (Å²) in [5.74, 6) is 1.32. The van der Waals surface area contributed by atoms with Gasteiger partial charge in [-0.15, -0.1) is 11.3 Å². The van der Waals surface area contributed by atoms with Gasteiger partial charge in [-0.2, -0.15) is 0 Å². The molecule has 3 heterocycles. The van der Waals surface area contributed by atoms with Crippen LogP contribution in [0.5, 0.6) is 5.75 Å². The molecule has 118 valence electrons. The SMILES string of the molecule is CN1CCN(c2ncnc3c(-c4ccc(O)cc4)csc23)CC1. The van der Waals surface area contributed by atoms with Crippen LogP contribution in [0.2, 0.25) is 0 Å². The van der Waals surface area contributed by atoms with Crippen LogP contribution in [0.3, 0.4) is 0 Å². The minimum atomic E-state index is 0.279. The highest BCUT2D eigenvalue weighted by Gasteiger charge is 2.20. The number of hydrogen-bond donors (Lipinski definition) is 1. The summed E-state index contributed by atoms with van der Waals surface area (Å²) in [5.41, 5.74) is 3.16. The van der Waals surface area contributed by atoms with Crippen molar-refractivity contribution in [2.45, 2.75) is 0 Å². The molecule has 5 nitrogen and oxygen atoms in total. The Morgan fingerprint density at radius 3 is 2.52 bits per heavy atom. The van der Waals surface area contributed by atoms with E-state index in [1.165, 1.54) is 0 Å². The number of piperazine rings is 1. The molecule has 0 bridgehead atoms. The fourth-order valence-corrected chi connectivity index (χ4v) is 3.97. The van der Waals surface area contributed by atoms with E-state index in [-0.39, 0.29) is 5.75 Å². The van der Waals surface area contributed by atoms with Crippen LogP contribution in [-0.2, 0) is 0 Å². The van der Waals surface area contributed by atoms with E-state index < -0.39 is 0 Å². The maximum Gasteiger partial charge on any atom is 0.150 e. The average molecular weight is 326 g/mol. The topological polar surface area (TPSA) is 52.5 Å². The largest absolute Gasteiger partial charge is 0.508 e. The predicted octanol–water partition coefficient (Wildman–Crippen LogP) is 2.82. The Morgan fingerprint density at radius 1 is 1.04 bits per heavy atom. The van der Waals surface area contributed by atoms with Crippen LogP contribution in [0.1, 0.15) is 0 Å². The van der Waals surface area contributed by atoms with Crippen LogP contribution in [-0.4, -0.2) is 53.2 Å². The molecular weight excluding hydrogens is 308 g/mol. The van der Waals surface area contributed by atoms with Crippen molar-refractivity contribution < 1.29 is 5.11 Å². The summed E-state index contributed by atoms with van der Waals surface area (Å²) in [6.07, 6.45) is 1.66. The molecule has 1 aliphatic rings. The average Bonchev–Trinajstić information content (AvgIpc) is 3.00. The predicted molar refractivity (Wildman–Crippen MR) is 94.2 cm³/mol. The molecule has 0 aliphatic carbocycles. The first kappa shape index (κ1) is 14.4. The highest BCUT2D eigenvalue weighted by Crippen LogP contribution is 2.37. The van der Waals surface area contributed by atoms with Crippen LogP contribution >= 0.6 is 11.3 Å². The Kier molecular flexibility index (Phi) is 3.63. The van der Waals surface area contributed by atoms with Crippen LogP contribution in [0.15, 0.2) is 36.0 Å². The van der Waals surface area contributed by atoms with Crippen molar-refractivity contribution in [1.82, 2.24) is 14.9 Å².